The van der Waals surface area contributed by atoms with Gasteiger partial charge in [-0.25, -0.2) is 4.98 Å². The van der Waals surface area contributed by atoms with Gasteiger partial charge in [0.05, 0.1) is 0 Å². The van der Waals surface area contributed by atoms with Crippen LogP contribution < -0.4 is 10.2 Å². The zero-order valence-corrected chi connectivity index (χ0v) is 16.6. The van der Waals surface area contributed by atoms with Crippen LogP contribution in [0.3, 0.4) is 0 Å². The molecule has 1 aliphatic heterocycles. The Labute approximate surface area is 167 Å². The molecular weight excluding hydrogens is 346 g/mol. The van der Waals surface area contributed by atoms with E-state index in [-0.39, 0.29) is 0 Å². The van der Waals surface area contributed by atoms with E-state index in [4.69, 9.17) is 4.98 Å². The van der Waals surface area contributed by atoms with Crippen molar-refractivity contribution in [1.82, 2.24) is 14.9 Å². The normalized spacial score (nSPS) is 14.9. The fourth-order valence-electron chi connectivity index (χ4n) is 3.74. The maximum Gasteiger partial charge on any atom is 0.229 e. The van der Waals surface area contributed by atoms with Gasteiger partial charge in [0.2, 0.25) is 5.95 Å². The molecule has 1 aromatic heterocycles. The van der Waals surface area contributed by atoms with Crippen LogP contribution in [0.5, 0.6) is 0 Å². The van der Waals surface area contributed by atoms with Crippen LogP contribution >= 0.6 is 0 Å². The highest BCUT2D eigenvalue weighted by atomic mass is 15.3. The summed E-state index contributed by atoms with van der Waals surface area (Å²) >= 11 is 0. The summed E-state index contributed by atoms with van der Waals surface area (Å²) < 4.78 is 0. The monoisotopic (exact) mass is 373 g/mol. The number of hydrogen-bond acceptors (Lipinski definition) is 5. The summed E-state index contributed by atoms with van der Waals surface area (Å²) in [4.78, 5) is 14.0. The van der Waals surface area contributed by atoms with Crippen molar-refractivity contribution in [2.45, 2.75) is 20.4 Å². The van der Waals surface area contributed by atoms with Crippen molar-refractivity contribution in [2.24, 2.45) is 0 Å². The summed E-state index contributed by atoms with van der Waals surface area (Å²) in [6.45, 7) is 9.25. The molecule has 28 heavy (non-hydrogen) atoms. The highest BCUT2D eigenvalue weighted by Crippen LogP contribution is 2.20. The summed E-state index contributed by atoms with van der Waals surface area (Å²) in [6.07, 6.45) is 1.84. The van der Waals surface area contributed by atoms with Gasteiger partial charge in [-0.15, -0.1) is 0 Å². The molecule has 1 aliphatic rings. The van der Waals surface area contributed by atoms with Gasteiger partial charge >= 0.3 is 0 Å². The van der Waals surface area contributed by atoms with E-state index in [0.717, 1.165) is 44.2 Å². The second-order valence-electron chi connectivity index (χ2n) is 7.49. The smallest absolute Gasteiger partial charge is 0.229 e. The average molecular weight is 374 g/mol. The molecule has 4 rings (SSSR count). The van der Waals surface area contributed by atoms with Gasteiger partial charge in [0.15, 0.2) is 0 Å². The molecule has 0 amide bonds. The van der Waals surface area contributed by atoms with E-state index in [0.29, 0.717) is 5.95 Å². The first-order valence-electron chi connectivity index (χ1n) is 9.85. The van der Waals surface area contributed by atoms with Gasteiger partial charge in [-0.05, 0) is 48.7 Å². The van der Waals surface area contributed by atoms with Gasteiger partial charge in [-0.1, -0.05) is 36.4 Å². The van der Waals surface area contributed by atoms with E-state index in [1.54, 1.807) is 0 Å². The fraction of sp³-hybridized carbons (Fsp3) is 0.304. The Morgan fingerprint density at radius 3 is 2.32 bits per heavy atom. The second kappa shape index (κ2) is 8.40. The molecule has 1 saturated heterocycles. The quantitative estimate of drug-likeness (QED) is 0.727. The Balaban J connectivity index is 1.38. The predicted molar refractivity (Wildman–Crippen MR) is 115 cm³/mol. The van der Waals surface area contributed by atoms with Gasteiger partial charge in [-0.2, -0.15) is 4.98 Å². The number of anilines is 3. The van der Waals surface area contributed by atoms with Crippen LogP contribution in [0.4, 0.5) is 17.5 Å². The first-order valence-corrected chi connectivity index (χ1v) is 9.85. The number of nitrogens with one attached hydrogen (secondary N) is 1. The van der Waals surface area contributed by atoms with E-state index < -0.39 is 0 Å². The molecule has 0 atom stereocenters. The van der Waals surface area contributed by atoms with E-state index in [1.807, 2.05) is 12.3 Å². The molecule has 0 radical (unpaired) electrons. The van der Waals surface area contributed by atoms with Crippen LogP contribution in [0.1, 0.15) is 16.7 Å². The van der Waals surface area contributed by atoms with Crippen molar-refractivity contribution in [3.63, 3.8) is 0 Å². The first-order chi connectivity index (χ1) is 13.7. The van der Waals surface area contributed by atoms with E-state index in [2.05, 4.69) is 82.5 Å². The van der Waals surface area contributed by atoms with Gasteiger partial charge in [0.1, 0.15) is 5.82 Å². The number of hydrogen-bond donors (Lipinski definition) is 1. The number of piperazine rings is 1. The minimum absolute atomic E-state index is 0.647. The summed E-state index contributed by atoms with van der Waals surface area (Å²) in [6, 6.07) is 19.1. The Bertz CT molecular complexity index is 897. The molecule has 3 aromatic rings. The number of nitrogens with zero attached hydrogens (tertiary/aromatic N) is 4. The average Bonchev–Trinajstić information content (AvgIpc) is 2.69. The fourth-order valence-corrected chi connectivity index (χ4v) is 3.74. The van der Waals surface area contributed by atoms with Crippen LogP contribution in [0.15, 0.2) is 60.8 Å². The third-order valence-electron chi connectivity index (χ3n) is 5.06. The molecular formula is C23H27N5. The Morgan fingerprint density at radius 1 is 0.893 bits per heavy atom. The standard InChI is InChI=1S/C23H27N5/c1-18-14-19(2)16-21(15-18)25-23-24-9-8-22(26-23)28-12-10-27(11-13-28)17-20-6-4-3-5-7-20/h3-9,14-16H,10-13,17H2,1-2H3,(H,24,25,26). The summed E-state index contributed by atoms with van der Waals surface area (Å²) in [5.41, 5.74) is 4.86. The topological polar surface area (TPSA) is 44.3 Å². The van der Waals surface area contributed by atoms with Gasteiger partial charge in [0.25, 0.3) is 0 Å². The molecule has 1 fully saturated rings. The van der Waals surface area contributed by atoms with Gasteiger partial charge < -0.3 is 10.2 Å². The predicted octanol–water partition coefficient (Wildman–Crippen LogP) is 4.16. The van der Waals surface area contributed by atoms with Crippen molar-refractivity contribution >= 4 is 17.5 Å². The third-order valence-corrected chi connectivity index (χ3v) is 5.06. The lowest BCUT2D eigenvalue weighted by Gasteiger charge is -2.35. The number of rotatable bonds is 5. The highest BCUT2D eigenvalue weighted by Gasteiger charge is 2.18. The van der Waals surface area contributed by atoms with Gasteiger partial charge in [0, 0.05) is 44.6 Å². The molecule has 5 heteroatoms. The van der Waals surface area contributed by atoms with E-state index in [9.17, 15) is 0 Å². The van der Waals surface area contributed by atoms with Crippen LogP contribution in [-0.4, -0.2) is 41.0 Å². The Hall–Kier alpha value is -2.92. The molecule has 5 nitrogen and oxygen atoms in total. The minimum Gasteiger partial charge on any atom is -0.354 e. The zero-order chi connectivity index (χ0) is 19.3. The minimum atomic E-state index is 0.647. The highest BCUT2D eigenvalue weighted by molar-refractivity contribution is 5.57. The zero-order valence-electron chi connectivity index (χ0n) is 16.6. The number of aromatic nitrogens is 2. The number of benzene rings is 2. The lowest BCUT2D eigenvalue weighted by Crippen LogP contribution is -2.46. The Kier molecular flexibility index (Phi) is 5.53. The maximum atomic E-state index is 4.75. The second-order valence-corrected chi connectivity index (χ2v) is 7.49. The van der Waals surface area contributed by atoms with Crippen LogP contribution in [0, 0.1) is 13.8 Å². The SMILES string of the molecule is Cc1cc(C)cc(Nc2nccc(N3CCN(Cc4ccccc4)CC3)n2)c1. The molecule has 0 aliphatic carbocycles. The molecule has 0 unspecified atom stereocenters. The molecule has 2 aromatic carbocycles. The van der Waals surface area contributed by atoms with Crippen molar-refractivity contribution in [2.75, 3.05) is 36.4 Å². The Morgan fingerprint density at radius 2 is 1.61 bits per heavy atom. The van der Waals surface area contributed by atoms with Gasteiger partial charge in [-0.3, -0.25) is 4.90 Å². The largest absolute Gasteiger partial charge is 0.354 e. The van der Waals surface area contributed by atoms with Crippen LogP contribution in [0.2, 0.25) is 0 Å². The molecule has 2 heterocycles. The van der Waals surface area contributed by atoms with Crippen LogP contribution in [-0.2, 0) is 6.54 Å². The molecule has 144 valence electrons. The first kappa shape index (κ1) is 18.4. The molecule has 0 saturated carbocycles. The van der Waals surface area contributed by atoms with E-state index in [1.165, 1.54) is 16.7 Å². The third kappa shape index (κ3) is 4.67. The van der Waals surface area contributed by atoms with Crippen molar-refractivity contribution < 1.29 is 0 Å². The van der Waals surface area contributed by atoms with Crippen molar-refractivity contribution in [3.05, 3.63) is 77.5 Å². The summed E-state index contributed by atoms with van der Waals surface area (Å²) in [7, 11) is 0. The summed E-state index contributed by atoms with van der Waals surface area (Å²) in [5.74, 6) is 1.63. The van der Waals surface area contributed by atoms with Crippen LogP contribution in [0.25, 0.3) is 0 Å². The molecule has 0 spiro atoms. The lowest BCUT2D eigenvalue weighted by atomic mass is 10.1. The maximum absolute atomic E-state index is 4.75. The molecule has 1 N–H and O–H groups in total. The number of aryl methyl sites for hydroxylation is 2. The molecule has 0 bridgehead atoms. The van der Waals surface area contributed by atoms with Crippen molar-refractivity contribution in [3.8, 4) is 0 Å². The van der Waals surface area contributed by atoms with E-state index >= 15 is 0 Å². The summed E-state index contributed by atoms with van der Waals surface area (Å²) in [5, 5.41) is 3.35. The van der Waals surface area contributed by atoms with Crippen molar-refractivity contribution in [1.29, 1.82) is 0 Å². The lowest BCUT2D eigenvalue weighted by molar-refractivity contribution is 0.249.